The minimum absolute atomic E-state index is 0.112. The van der Waals surface area contributed by atoms with Crippen LogP contribution >= 0.6 is 39.1 Å². The summed E-state index contributed by atoms with van der Waals surface area (Å²) in [7, 11) is 0. The van der Waals surface area contributed by atoms with Gasteiger partial charge in [0.15, 0.2) is 5.82 Å². The Balaban J connectivity index is 1.35. The molecule has 0 saturated carbocycles. The van der Waals surface area contributed by atoms with Crippen LogP contribution in [-0.2, 0) is 13.2 Å². The summed E-state index contributed by atoms with van der Waals surface area (Å²) >= 11 is 15.4. The molecule has 1 amide bonds. The fourth-order valence-corrected chi connectivity index (χ4v) is 3.92. The van der Waals surface area contributed by atoms with Crippen LogP contribution in [0.4, 0.5) is 11.5 Å². The van der Waals surface area contributed by atoms with Gasteiger partial charge >= 0.3 is 0 Å². The number of carbonyl (C=O) groups excluding carboxylic acids is 1. The zero-order chi connectivity index (χ0) is 24.9. The number of hydrogen-bond acceptors (Lipinski definition) is 5. The number of nitro groups is 1. The van der Waals surface area contributed by atoms with Crippen LogP contribution in [0, 0.1) is 10.1 Å². The molecule has 1 heterocycles. The molecule has 0 fully saturated rings. The third kappa shape index (κ3) is 6.39. The van der Waals surface area contributed by atoms with Gasteiger partial charge in [-0.25, -0.2) is 0 Å². The van der Waals surface area contributed by atoms with E-state index in [9.17, 15) is 14.9 Å². The van der Waals surface area contributed by atoms with Gasteiger partial charge in [-0.1, -0.05) is 47.5 Å². The predicted molar refractivity (Wildman–Crippen MR) is 137 cm³/mol. The van der Waals surface area contributed by atoms with Crippen molar-refractivity contribution in [1.29, 1.82) is 0 Å². The highest BCUT2D eigenvalue weighted by atomic mass is 79.9. The molecule has 8 nitrogen and oxygen atoms in total. The fourth-order valence-electron chi connectivity index (χ4n) is 3.15. The van der Waals surface area contributed by atoms with E-state index >= 15 is 0 Å². The lowest BCUT2D eigenvalue weighted by Gasteiger charge is -2.09. The van der Waals surface area contributed by atoms with Gasteiger partial charge in [0, 0.05) is 28.9 Å². The summed E-state index contributed by atoms with van der Waals surface area (Å²) < 4.78 is 8.02. The molecule has 1 N–H and O–H groups in total. The van der Waals surface area contributed by atoms with Gasteiger partial charge in [0.05, 0.1) is 21.0 Å². The Bertz CT molecular complexity index is 1380. The largest absolute Gasteiger partial charge is 0.487 e. The van der Waals surface area contributed by atoms with Crippen LogP contribution in [0.5, 0.6) is 5.75 Å². The van der Waals surface area contributed by atoms with Crippen molar-refractivity contribution in [3.8, 4) is 5.75 Å². The maximum atomic E-state index is 12.7. The van der Waals surface area contributed by atoms with Crippen LogP contribution < -0.4 is 10.1 Å². The van der Waals surface area contributed by atoms with E-state index in [-0.39, 0.29) is 23.2 Å². The number of nitro benzene ring substituents is 1. The van der Waals surface area contributed by atoms with Crippen molar-refractivity contribution in [1.82, 2.24) is 9.78 Å². The number of hydrogen-bond donors (Lipinski definition) is 1. The highest BCUT2D eigenvalue weighted by Gasteiger charge is 2.13. The normalized spacial score (nSPS) is 10.7. The number of ether oxygens (including phenoxy) is 1. The third-order valence-electron chi connectivity index (χ3n) is 4.94. The van der Waals surface area contributed by atoms with Crippen LogP contribution in [-0.4, -0.2) is 20.6 Å². The van der Waals surface area contributed by atoms with E-state index in [0.717, 1.165) is 11.1 Å². The van der Waals surface area contributed by atoms with E-state index in [0.29, 0.717) is 33.2 Å². The Labute approximate surface area is 218 Å². The van der Waals surface area contributed by atoms with E-state index in [2.05, 4.69) is 26.3 Å². The van der Waals surface area contributed by atoms with Crippen molar-refractivity contribution in [2.45, 2.75) is 13.2 Å². The van der Waals surface area contributed by atoms with Gasteiger partial charge in [0.1, 0.15) is 12.4 Å². The highest BCUT2D eigenvalue weighted by molar-refractivity contribution is 9.10. The molecule has 0 aliphatic rings. The predicted octanol–water partition coefficient (Wildman–Crippen LogP) is 6.74. The number of non-ortho nitro benzene ring substituents is 1. The molecule has 0 radical (unpaired) electrons. The van der Waals surface area contributed by atoms with E-state index in [1.165, 1.54) is 18.2 Å². The second kappa shape index (κ2) is 10.9. The number of nitrogens with one attached hydrogen (secondary N) is 1. The fraction of sp³-hybridized carbons (Fsp3) is 0.0833. The molecule has 4 rings (SSSR count). The molecule has 0 aliphatic heterocycles. The minimum Gasteiger partial charge on any atom is -0.487 e. The number of aromatic nitrogens is 2. The van der Waals surface area contributed by atoms with Crippen LogP contribution in [0.25, 0.3) is 0 Å². The third-order valence-corrected chi connectivity index (χ3v) is 6.07. The minimum atomic E-state index is -0.526. The molecule has 3 aromatic carbocycles. The van der Waals surface area contributed by atoms with Gasteiger partial charge in [-0.2, -0.15) is 5.10 Å². The summed E-state index contributed by atoms with van der Waals surface area (Å²) in [5.74, 6) is 0.427. The van der Waals surface area contributed by atoms with Gasteiger partial charge in [-0.15, -0.1) is 0 Å². The van der Waals surface area contributed by atoms with E-state index in [1.807, 2.05) is 24.3 Å². The lowest BCUT2D eigenvalue weighted by molar-refractivity contribution is -0.384. The standard InChI is InChI=1S/C24H17BrCl2N4O4/c25-20-13-30(12-15-3-7-18(26)8-4-15)29-23(20)28-24(32)17-5-1-16(2-6-17)14-35-22-10-9-19(31(33)34)11-21(22)27/h1-11,13H,12,14H2,(H,28,29,32). The van der Waals surface area contributed by atoms with Crippen molar-refractivity contribution >= 4 is 56.5 Å². The van der Waals surface area contributed by atoms with Crippen LogP contribution in [0.1, 0.15) is 21.5 Å². The molecule has 0 bridgehead atoms. The number of nitrogens with zero attached hydrogens (tertiary/aromatic N) is 3. The number of anilines is 1. The van der Waals surface area contributed by atoms with Crippen molar-refractivity contribution in [3.05, 3.63) is 114 Å². The second-order valence-corrected chi connectivity index (χ2v) is 9.16. The monoisotopic (exact) mass is 574 g/mol. The lowest BCUT2D eigenvalue weighted by atomic mass is 10.1. The molecule has 0 atom stereocenters. The SMILES string of the molecule is O=C(Nc1nn(Cc2ccc(Cl)cc2)cc1Br)c1ccc(COc2ccc([N+](=O)[O-])cc2Cl)cc1. The van der Waals surface area contributed by atoms with Crippen LogP contribution in [0.2, 0.25) is 10.0 Å². The van der Waals surface area contributed by atoms with E-state index in [4.69, 9.17) is 27.9 Å². The molecule has 11 heteroatoms. The Morgan fingerprint density at radius 3 is 2.40 bits per heavy atom. The summed E-state index contributed by atoms with van der Waals surface area (Å²) in [5, 5.41) is 18.9. The van der Waals surface area contributed by atoms with Crippen molar-refractivity contribution in [2.75, 3.05) is 5.32 Å². The zero-order valence-corrected chi connectivity index (χ0v) is 21.0. The lowest BCUT2D eigenvalue weighted by Crippen LogP contribution is -2.13. The van der Waals surface area contributed by atoms with E-state index < -0.39 is 4.92 Å². The van der Waals surface area contributed by atoms with Crippen LogP contribution in [0.3, 0.4) is 0 Å². The maximum absolute atomic E-state index is 12.7. The quantitative estimate of drug-likeness (QED) is 0.185. The molecule has 0 unspecified atom stereocenters. The highest BCUT2D eigenvalue weighted by Crippen LogP contribution is 2.29. The van der Waals surface area contributed by atoms with Crippen molar-refractivity contribution in [3.63, 3.8) is 0 Å². The number of amides is 1. The number of benzene rings is 3. The summed E-state index contributed by atoms with van der Waals surface area (Å²) in [4.78, 5) is 23.0. The number of halogens is 3. The molecular weight excluding hydrogens is 559 g/mol. The second-order valence-electron chi connectivity index (χ2n) is 7.46. The van der Waals surface area contributed by atoms with Gasteiger partial charge in [0.2, 0.25) is 0 Å². The topological polar surface area (TPSA) is 99.3 Å². The van der Waals surface area contributed by atoms with E-state index in [1.54, 1.807) is 35.1 Å². The first-order chi connectivity index (χ1) is 16.8. The average molecular weight is 576 g/mol. The van der Waals surface area contributed by atoms with Crippen molar-refractivity contribution in [2.24, 2.45) is 0 Å². The Morgan fingerprint density at radius 1 is 1.06 bits per heavy atom. The summed E-state index contributed by atoms with van der Waals surface area (Å²) in [6.45, 7) is 0.708. The number of rotatable bonds is 8. The molecular formula is C24H17BrCl2N4O4. The Hall–Kier alpha value is -3.40. The van der Waals surface area contributed by atoms with Gasteiger partial charge in [-0.05, 0) is 57.4 Å². The van der Waals surface area contributed by atoms with Gasteiger partial charge < -0.3 is 10.1 Å². The maximum Gasteiger partial charge on any atom is 0.271 e. The molecule has 4 aromatic rings. The average Bonchev–Trinajstić information content (AvgIpc) is 3.18. The molecule has 0 spiro atoms. The smallest absolute Gasteiger partial charge is 0.271 e. The van der Waals surface area contributed by atoms with Gasteiger partial charge in [-0.3, -0.25) is 19.6 Å². The molecule has 35 heavy (non-hydrogen) atoms. The first kappa shape index (κ1) is 24.7. The first-order valence-corrected chi connectivity index (χ1v) is 11.8. The summed E-state index contributed by atoms with van der Waals surface area (Å²) in [6.07, 6.45) is 1.79. The molecule has 0 aliphatic carbocycles. The van der Waals surface area contributed by atoms with Gasteiger partial charge in [0.25, 0.3) is 11.6 Å². The van der Waals surface area contributed by atoms with Crippen LogP contribution in [0.15, 0.2) is 77.4 Å². The Morgan fingerprint density at radius 2 is 1.74 bits per heavy atom. The first-order valence-electron chi connectivity index (χ1n) is 10.2. The summed E-state index contributed by atoms with van der Waals surface area (Å²) in [5.41, 5.74) is 2.15. The number of carbonyl (C=O) groups is 1. The van der Waals surface area contributed by atoms with Crippen molar-refractivity contribution < 1.29 is 14.5 Å². The summed E-state index contributed by atoms with van der Waals surface area (Å²) in [6, 6.07) is 18.3. The zero-order valence-electron chi connectivity index (χ0n) is 18.0. The Kier molecular flexibility index (Phi) is 7.70. The molecule has 178 valence electrons. The molecule has 0 saturated heterocycles. The molecule has 1 aromatic heterocycles.